The van der Waals surface area contributed by atoms with Gasteiger partial charge in [-0.25, -0.2) is 0 Å². The molecule has 0 bridgehead atoms. The van der Waals surface area contributed by atoms with E-state index in [-0.39, 0.29) is 24.4 Å². The fourth-order valence-electron chi connectivity index (χ4n) is 1.83. The molecule has 0 heterocycles. The molecule has 0 aliphatic rings. The fourth-order valence-corrected chi connectivity index (χ4v) is 1.83. The minimum Gasteiger partial charge on any atom is -0.461 e. The second-order valence-electron chi connectivity index (χ2n) is 4.68. The Labute approximate surface area is 130 Å². The van der Waals surface area contributed by atoms with Crippen molar-refractivity contribution >= 4 is 17.3 Å². The highest BCUT2D eigenvalue weighted by atomic mass is 16.6. The zero-order valence-electron chi connectivity index (χ0n) is 11.9. The van der Waals surface area contributed by atoms with Crippen LogP contribution >= 0.6 is 0 Å². The first-order chi connectivity index (χ1) is 11.0. The predicted molar refractivity (Wildman–Crippen MR) is 79.7 cm³/mol. The van der Waals surface area contributed by atoms with Crippen LogP contribution in [0.2, 0.25) is 0 Å². The maximum absolute atomic E-state index is 11.7. The van der Waals surface area contributed by atoms with Gasteiger partial charge in [0, 0.05) is 24.3 Å². The Morgan fingerprint density at radius 3 is 1.70 bits per heavy atom. The second kappa shape index (κ2) is 7.12. The monoisotopic (exact) mass is 316 g/mol. The Morgan fingerprint density at radius 1 is 0.826 bits per heavy atom. The number of esters is 1. The van der Waals surface area contributed by atoms with E-state index in [4.69, 9.17) is 4.74 Å². The first-order valence-corrected chi connectivity index (χ1v) is 6.58. The number of nitrogens with zero attached hydrogens (tertiary/aromatic N) is 2. The summed E-state index contributed by atoms with van der Waals surface area (Å²) in [4.78, 5) is 31.7. The van der Waals surface area contributed by atoms with Crippen LogP contribution in [0.3, 0.4) is 0 Å². The molecule has 0 aliphatic carbocycles. The molecule has 0 N–H and O–H groups in total. The molecule has 0 saturated heterocycles. The lowest BCUT2D eigenvalue weighted by molar-refractivity contribution is -0.385. The molecule has 0 fully saturated rings. The van der Waals surface area contributed by atoms with Crippen molar-refractivity contribution in [1.29, 1.82) is 0 Å². The summed E-state index contributed by atoms with van der Waals surface area (Å²) in [5.41, 5.74) is 1.15. The summed E-state index contributed by atoms with van der Waals surface area (Å²) in [6.07, 6.45) is -0.00895. The SMILES string of the molecule is O=C(Cc1ccc([N+](=O)[O-])cc1)OCc1ccc([N+](=O)[O-])cc1. The Hall–Kier alpha value is -3.29. The summed E-state index contributed by atoms with van der Waals surface area (Å²) in [6.45, 7) is 0.00378. The van der Waals surface area contributed by atoms with Crippen LogP contribution in [0.25, 0.3) is 0 Å². The first kappa shape index (κ1) is 16.1. The molecule has 0 spiro atoms. The summed E-state index contributed by atoms with van der Waals surface area (Å²) in [5.74, 6) is -0.489. The quantitative estimate of drug-likeness (QED) is 0.460. The molecule has 118 valence electrons. The van der Waals surface area contributed by atoms with E-state index in [0.717, 1.165) is 0 Å². The van der Waals surface area contributed by atoms with Gasteiger partial charge in [-0.2, -0.15) is 0 Å². The average Bonchev–Trinajstić information content (AvgIpc) is 2.54. The van der Waals surface area contributed by atoms with Crippen LogP contribution in [0.4, 0.5) is 11.4 Å². The van der Waals surface area contributed by atoms with Crippen molar-refractivity contribution in [2.24, 2.45) is 0 Å². The molecule has 0 unspecified atom stereocenters. The van der Waals surface area contributed by atoms with Crippen molar-refractivity contribution in [2.45, 2.75) is 13.0 Å². The third kappa shape index (κ3) is 4.60. The van der Waals surface area contributed by atoms with Gasteiger partial charge in [0.05, 0.1) is 16.3 Å². The van der Waals surface area contributed by atoms with Gasteiger partial charge in [-0.05, 0) is 23.3 Å². The van der Waals surface area contributed by atoms with E-state index in [9.17, 15) is 25.0 Å². The number of hydrogen-bond donors (Lipinski definition) is 0. The van der Waals surface area contributed by atoms with Gasteiger partial charge in [-0.15, -0.1) is 0 Å². The molecule has 8 nitrogen and oxygen atoms in total. The number of nitro benzene ring substituents is 2. The van der Waals surface area contributed by atoms with Crippen LogP contribution in [0.5, 0.6) is 0 Å². The maximum atomic E-state index is 11.7. The molecule has 0 amide bonds. The van der Waals surface area contributed by atoms with Crippen molar-refractivity contribution in [2.75, 3.05) is 0 Å². The Morgan fingerprint density at radius 2 is 1.26 bits per heavy atom. The minimum absolute atomic E-state index is 0.00378. The van der Waals surface area contributed by atoms with Gasteiger partial charge in [0.25, 0.3) is 11.4 Å². The third-order valence-electron chi connectivity index (χ3n) is 3.04. The van der Waals surface area contributed by atoms with Gasteiger partial charge in [-0.1, -0.05) is 12.1 Å². The van der Waals surface area contributed by atoms with Gasteiger partial charge < -0.3 is 4.74 Å². The van der Waals surface area contributed by atoms with Crippen molar-refractivity contribution < 1.29 is 19.4 Å². The molecule has 0 aliphatic heterocycles. The van der Waals surface area contributed by atoms with Gasteiger partial charge >= 0.3 is 5.97 Å². The van der Waals surface area contributed by atoms with E-state index in [1.165, 1.54) is 48.5 Å². The maximum Gasteiger partial charge on any atom is 0.310 e. The van der Waals surface area contributed by atoms with E-state index in [1.807, 2.05) is 0 Å². The zero-order valence-corrected chi connectivity index (χ0v) is 11.9. The van der Waals surface area contributed by atoms with Gasteiger partial charge in [0.1, 0.15) is 6.61 Å². The number of rotatable bonds is 6. The highest BCUT2D eigenvalue weighted by Crippen LogP contribution is 2.14. The predicted octanol–water partition coefficient (Wildman–Crippen LogP) is 2.79. The van der Waals surface area contributed by atoms with E-state index in [1.54, 1.807) is 0 Å². The van der Waals surface area contributed by atoms with Gasteiger partial charge in [-0.3, -0.25) is 25.0 Å². The molecular weight excluding hydrogens is 304 g/mol. The molecule has 23 heavy (non-hydrogen) atoms. The minimum atomic E-state index is -0.517. The van der Waals surface area contributed by atoms with Gasteiger partial charge in [0.15, 0.2) is 0 Å². The number of carbonyl (C=O) groups is 1. The number of non-ortho nitro benzene ring substituents is 2. The largest absolute Gasteiger partial charge is 0.461 e. The van der Waals surface area contributed by atoms with Gasteiger partial charge in [0.2, 0.25) is 0 Å². The smallest absolute Gasteiger partial charge is 0.310 e. The lowest BCUT2D eigenvalue weighted by atomic mass is 10.1. The van der Waals surface area contributed by atoms with E-state index >= 15 is 0 Å². The highest BCUT2D eigenvalue weighted by molar-refractivity contribution is 5.72. The molecule has 0 aromatic heterocycles. The average molecular weight is 316 g/mol. The molecule has 2 aromatic rings. The van der Waals surface area contributed by atoms with E-state index in [0.29, 0.717) is 11.1 Å². The van der Waals surface area contributed by atoms with Crippen molar-refractivity contribution in [3.63, 3.8) is 0 Å². The standard InChI is InChI=1S/C15H12N2O6/c18-15(9-11-1-5-13(6-2-11)16(19)20)23-10-12-3-7-14(8-4-12)17(21)22/h1-8H,9-10H2. The lowest BCUT2D eigenvalue weighted by Gasteiger charge is -2.05. The third-order valence-corrected chi connectivity index (χ3v) is 3.04. The topological polar surface area (TPSA) is 113 Å². The molecule has 0 atom stereocenters. The van der Waals surface area contributed by atoms with E-state index in [2.05, 4.69) is 0 Å². The Balaban J connectivity index is 1.87. The normalized spacial score (nSPS) is 10.1. The van der Waals surface area contributed by atoms with Crippen LogP contribution in [0, 0.1) is 20.2 Å². The molecular formula is C15H12N2O6. The van der Waals surface area contributed by atoms with Crippen LogP contribution in [0.15, 0.2) is 48.5 Å². The fraction of sp³-hybridized carbons (Fsp3) is 0.133. The number of ether oxygens (including phenoxy) is 1. The van der Waals surface area contributed by atoms with Crippen LogP contribution in [-0.2, 0) is 22.6 Å². The molecule has 0 saturated carbocycles. The highest BCUT2D eigenvalue weighted by Gasteiger charge is 2.09. The van der Waals surface area contributed by atoms with Crippen molar-refractivity contribution in [3.8, 4) is 0 Å². The summed E-state index contributed by atoms with van der Waals surface area (Å²) in [6, 6.07) is 11.3. The first-order valence-electron chi connectivity index (χ1n) is 6.58. The second-order valence-corrected chi connectivity index (χ2v) is 4.68. The van der Waals surface area contributed by atoms with Crippen LogP contribution in [0.1, 0.15) is 11.1 Å². The zero-order chi connectivity index (χ0) is 16.8. The number of benzene rings is 2. The summed E-state index contributed by atoms with van der Waals surface area (Å²) < 4.78 is 5.07. The number of nitro groups is 2. The molecule has 0 radical (unpaired) electrons. The summed E-state index contributed by atoms with van der Waals surface area (Å²) >= 11 is 0. The number of hydrogen-bond acceptors (Lipinski definition) is 6. The van der Waals surface area contributed by atoms with E-state index < -0.39 is 15.8 Å². The number of carbonyl (C=O) groups excluding carboxylic acids is 1. The van der Waals surface area contributed by atoms with Crippen molar-refractivity contribution in [1.82, 2.24) is 0 Å². The molecule has 2 aromatic carbocycles. The van der Waals surface area contributed by atoms with Crippen LogP contribution in [-0.4, -0.2) is 15.8 Å². The van der Waals surface area contributed by atoms with Crippen LogP contribution < -0.4 is 0 Å². The summed E-state index contributed by atoms with van der Waals surface area (Å²) in [7, 11) is 0. The Bertz CT molecular complexity index is 725. The summed E-state index contributed by atoms with van der Waals surface area (Å²) in [5, 5.41) is 21.1. The lowest BCUT2D eigenvalue weighted by Crippen LogP contribution is -2.08. The molecule has 8 heteroatoms. The van der Waals surface area contributed by atoms with Crippen molar-refractivity contribution in [3.05, 3.63) is 79.9 Å². The Kier molecular flexibility index (Phi) is 4.98. The molecule has 2 rings (SSSR count).